The van der Waals surface area contributed by atoms with Crippen molar-refractivity contribution in [1.82, 2.24) is 5.32 Å². The normalized spacial score (nSPS) is 9.68. The third kappa shape index (κ3) is 4.07. The number of nitrogens with one attached hydrogen (secondary N) is 1. The molecule has 0 saturated heterocycles. The number of aromatic hydroxyl groups is 3. The van der Waals surface area contributed by atoms with E-state index < -0.39 is 11.7 Å². The summed E-state index contributed by atoms with van der Waals surface area (Å²) >= 11 is 0. The number of hydrogen-bond acceptors (Lipinski definition) is 5. The van der Waals surface area contributed by atoms with Crippen LogP contribution in [0.1, 0.15) is 15.9 Å². The Balaban J connectivity index is 0.00000242. The van der Waals surface area contributed by atoms with Crippen LogP contribution in [0.2, 0.25) is 0 Å². The Labute approximate surface area is 149 Å². The molecule has 0 atom stereocenters. The monoisotopic (exact) mass is 313 g/mol. The Hall–Kier alpha value is -1.89. The van der Waals surface area contributed by atoms with Crippen LogP contribution < -0.4 is 10.1 Å². The molecule has 112 valence electrons. The number of methoxy groups -OCH3 is 1. The van der Waals surface area contributed by atoms with E-state index in [4.69, 9.17) is 4.74 Å². The summed E-state index contributed by atoms with van der Waals surface area (Å²) in [6, 6.07) is 8.86. The fourth-order valence-electron chi connectivity index (χ4n) is 1.82. The van der Waals surface area contributed by atoms with Crippen molar-refractivity contribution in [2.75, 3.05) is 7.11 Å². The Morgan fingerprint density at radius 1 is 1.14 bits per heavy atom. The molecule has 0 fully saturated rings. The molecule has 2 rings (SSSR count). The van der Waals surface area contributed by atoms with Crippen molar-refractivity contribution in [2.45, 2.75) is 6.54 Å². The maximum atomic E-state index is 11.9. The Morgan fingerprint density at radius 2 is 1.86 bits per heavy atom. The number of carbonyl (C=O) groups is 1. The van der Waals surface area contributed by atoms with Crippen LogP contribution in [0, 0.1) is 0 Å². The van der Waals surface area contributed by atoms with Crippen LogP contribution in [0.3, 0.4) is 0 Å². The molecule has 0 unspecified atom stereocenters. The number of rotatable bonds is 4. The first kappa shape index (κ1) is 18.2. The van der Waals surface area contributed by atoms with E-state index in [2.05, 4.69) is 5.32 Å². The number of ether oxygens (including phenoxy) is 1. The number of phenolic OH excluding ortho intramolecular Hbond substituents is 3. The Bertz CT molecular complexity index is 675. The van der Waals surface area contributed by atoms with Crippen LogP contribution in [0.15, 0.2) is 36.4 Å². The van der Waals surface area contributed by atoms with E-state index in [1.807, 2.05) is 0 Å². The molecule has 2 aromatic rings. The topological polar surface area (TPSA) is 99.0 Å². The second-order valence-electron chi connectivity index (χ2n) is 4.36. The summed E-state index contributed by atoms with van der Waals surface area (Å²) in [5.74, 6) is -1.01. The summed E-state index contributed by atoms with van der Waals surface area (Å²) in [5, 5.41) is 31.1. The van der Waals surface area contributed by atoms with E-state index in [0.29, 0.717) is 5.75 Å². The van der Waals surface area contributed by atoms with Crippen molar-refractivity contribution in [3.8, 4) is 23.0 Å². The van der Waals surface area contributed by atoms with E-state index in [1.165, 1.54) is 31.4 Å². The van der Waals surface area contributed by atoms with Crippen molar-refractivity contribution in [3.05, 3.63) is 47.5 Å². The van der Waals surface area contributed by atoms with Crippen LogP contribution in [-0.4, -0.2) is 57.9 Å². The number of benzene rings is 2. The van der Waals surface area contributed by atoms with E-state index >= 15 is 0 Å². The zero-order valence-electron chi connectivity index (χ0n) is 11.3. The van der Waals surface area contributed by atoms with Gasteiger partial charge in [0.15, 0.2) is 23.0 Å². The molecule has 0 spiro atoms. The van der Waals surface area contributed by atoms with Crippen molar-refractivity contribution < 1.29 is 24.9 Å². The number of phenols is 3. The average molecular weight is 313 g/mol. The Kier molecular flexibility index (Phi) is 6.55. The van der Waals surface area contributed by atoms with Crippen LogP contribution in [-0.2, 0) is 6.54 Å². The second kappa shape index (κ2) is 7.93. The van der Waals surface area contributed by atoms with Gasteiger partial charge in [0.05, 0.1) is 12.7 Å². The van der Waals surface area contributed by atoms with Gasteiger partial charge in [0, 0.05) is 6.54 Å². The molecule has 0 aliphatic heterocycles. The second-order valence-corrected chi connectivity index (χ2v) is 4.36. The SMILES string of the molecule is COc1cc(CNC(=O)c2cccc(O)c2O)ccc1O.[NaH]. The summed E-state index contributed by atoms with van der Waals surface area (Å²) in [6.45, 7) is 0.185. The molecular weight excluding hydrogens is 297 g/mol. The van der Waals surface area contributed by atoms with Gasteiger partial charge in [-0.3, -0.25) is 4.79 Å². The van der Waals surface area contributed by atoms with Crippen LogP contribution >= 0.6 is 0 Å². The predicted octanol–water partition coefficient (Wildman–Crippen LogP) is 1.09. The fraction of sp³-hybridized carbons (Fsp3) is 0.133. The van der Waals surface area contributed by atoms with Gasteiger partial charge in [-0.2, -0.15) is 0 Å². The average Bonchev–Trinajstić information content (AvgIpc) is 2.49. The number of hydrogen-bond donors (Lipinski definition) is 4. The molecule has 0 bridgehead atoms. The van der Waals surface area contributed by atoms with Gasteiger partial charge in [0.2, 0.25) is 0 Å². The standard InChI is InChI=1S/C15H15NO5.Na.H/c1-21-13-7-9(5-6-11(13)17)8-16-15(20)10-3-2-4-12(18)14(10)19;;/h2-7,17-19H,8H2,1H3,(H,16,20);;. The molecule has 0 heterocycles. The van der Waals surface area contributed by atoms with Gasteiger partial charge in [-0.1, -0.05) is 12.1 Å². The molecule has 4 N–H and O–H groups in total. The maximum absolute atomic E-state index is 11.9. The van der Waals surface area contributed by atoms with Crippen LogP contribution in [0.4, 0.5) is 0 Å². The molecule has 0 aliphatic rings. The molecule has 2 aromatic carbocycles. The minimum atomic E-state index is -0.518. The Morgan fingerprint density at radius 3 is 2.55 bits per heavy atom. The van der Waals surface area contributed by atoms with Gasteiger partial charge >= 0.3 is 29.6 Å². The summed E-state index contributed by atoms with van der Waals surface area (Å²) in [7, 11) is 1.43. The van der Waals surface area contributed by atoms with Gasteiger partial charge in [0.25, 0.3) is 5.91 Å². The van der Waals surface area contributed by atoms with Gasteiger partial charge in [0.1, 0.15) is 0 Å². The first-order chi connectivity index (χ1) is 10.0. The molecule has 0 aromatic heterocycles. The van der Waals surface area contributed by atoms with Crippen molar-refractivity contribution in [3.63, 3.8) is 0 Å². The number of amides is 1. The molecule has 1 amide bonds. The van der Waals surface area contributed by atoms with Gasteiger partial charge in [-0.25, -0.2) is 0 Å². The van der Waals surface area contributed by atoms with E-state index in [1.54, 1.807) is 12.1 Å². The van der Waals surface area contributed by atoms with Crippen molar-refractivity contribution in [1.29, 1.82) is 0 Å². The fourth-order valence-corrected chi connectivity index (χ4v) is 1.82. The molecule has 22 heavy (non-hydrogen) atoms. The first-order valence-electron chi connectivity index (χ1n) is 6.18. The molecular formula is C15H16NNaO5. The van der Waals surface area contributed by atoms with Crippen molar-refractivity contribution in [2.24, 2.45) is 0 Å². The van der Waals surface area contributed by atoms with E-state index in [9.17, 15) is 20.1 Å². The van der Waals surface area contributed by atoms with Gasteiger partial charge < -0.3 is 25.4 Å². The van der Waals surface area contributed by atoms with Crippen LogP contribution in [0.5, 0.6) is 23.0 Å². The third-order valence-electron chi connectivity index (χ3n) is 2.96. The predicted molar refractivity (Wildman–Crippen MR) is 82.7 cm³/mol. The van der Waals surface area contributed by atoms with Crippen molar-refractivity contribution >= 4 is 35.5 Å². The zero-order valence-corrected chi connectivity index (χ0v) is 11.3. The molecule has 6 nitrogen and oxygen atoms in total. The summed E-state index contributed by atoms with van der Waals surface area (Å²) in [4.78, 5) is 11.9. The molecule has 0 aliphatic carbocycles. The number of para-hydroxylation sites is 1. The van der Waals surface area contributed by atoms with E-state index in [0.717, 1.165) is 5.56 Å². The van der Waals surface area contributed by atoms with Gasteiger partial charge in [-0.05, 0) is 29.8 Å². The first-order valence-corrected chi connectivity index (χ1v) is 6.18. The summed E-state index contributed by atoms with van der Waals surface area (Å²) in [5.41, 5.74) is 0.707. The summed E-state index contributed by atoms with van der Waals surface area (Å²) in [6.07, 6.45) is 0. The number of carbonyl (C=O) groups excluding carboxylic acids is 1. The van der Waals surface area contributed by atoms with E-state index in [-0.39, 0.29) is 53.2 Å². The molecule has 0 saturated carbocycles. The third-order valence-corrected chi connectivity index (χ3v) is 2.96. The van der Waals surface area contributed by atoms with Crippen LogP contribution in [0.25, 0.3) is 0 Å². The summed E-state index contributed by atoms with van der Waals surface area (Å²) < 4.78 is 4.98. The quantitative estimate of drug-likeness (QED) is 0.500. The minimum absolute atomic E-state index is 0. The van der Waals surface area contributed by atoms with Gasteiger partial charge in [-0.15, -0.1) is 0 Å². The molecule has 0 radical (unpaired) electrons. The molecule has 7 heteroatoms. The zero-order chi connectivity index (χ0) is 15.4.